The van der Waals surface area contributed by atoms with Gasteiger partial charge in [-0.1, -0.05) is 17.3 Å². The first-order valence-electron chi connectivity index (χ1n) is 8.94. The molecule has 2 aromatic heterocycles. The Bertz CT molecular complexity index is 1060. The number of oxime groups is 1. The summed E-state index contributed by atoms with van der Waals surface area (Å²) in [4.78, 5) is 9.87. The molecule has 0 unspecified atom stereocenters. The molecule has 0 spiro atoms. The minimum absolute atomic E-state index is 0.301. The molecule has 1 aromatic carbocycles. The fraction of sp³-hybridized carbons (Fsp3) is 0.250. The SMILES string of the molecule is Cn1cc(-c2ccc(OC3=NO[C@](C)(c4ccc(OC(F)(F)F)cc4)C3)cn2)cn1. The number of nitrogens with zero attached hydrogens (tertiary/aromatic N) is 4. The summed E-state index contributed by atoms with van der Waals surface area (Å²) >= 11 is 0. The lowest BCUT2D eigenvalue weighted by atomic mass is 9.93. The largest absolute Gasteiger partial charge is 0.573 e. The van der Waals surface area contributed by atoms with Gasteiger partial charge in [-0.25, -0.2) is 0 Å². The van der Waals surface area contributed by atoms with Crippen LogP contribution in [0.5, 0.6) is 11.5 Å². The third-order valence-corrected chi connectivity index (χ3v) is 4.51. The predicted molar refractivity (Wildman–Crippen MR) is 101 cm³/mol. The van der Waals surface area contributed by atoms with E-state index >= 15 is 0 Å². The Hall–Kier alpha value is -3.56. The Morgan fingerprint density at radius 1 is 1.07 bits per heavy atom. The van der Waals surface area contributed by atoms with E-state index in [1.54, 1.807) is 36.1 Å². The first kappa shape index (κ1) is 19.7. The highest BCUT2D eigenvalue weighted by molar-refractivity contribution is 5.80. The molecule has 0 fully saturated rings. The van der Waals surface area contributed by atoms with Gasteiger partial charge in [0.2, 0.25) is 5.90 Å². The van der Waals surface area contributed by atoms with Gasteiger partial charge < -0.3 is 14.3 Å². The molecule has 1 aliphatic rings. The molecule has 0 N–H and O–H groups in total. The third kappa shape index (κ3) is 4.37. The van der Waals surface area contributed by atoms with Gasteiger partial charge in [0.15, 0.2) is 5.60 Å². The second kappa shape index (κ2) is 7.36. The Kier molecular flexibility index (Phi) is 4.84. The van der Waals surface area contributed by atoms with E-state index in [1.165, 1.54) is 24.3 Å². The van der Waals surface area contributed by atoms with Crippen molar-refractivity contribution in [1.29, 1.82) is 0 Å². The maximum absolute atomic E-state index is 12.3. The number of hydrogen-bond donors (Lipinski definition) is 0. The zero-order chi connectivity index (χ0) is 21.4. The predicted octanol–water partition coefficient (Wildman–Crippen LogP) is 4.41. The van der Waals surface area contributed by atoms with Crippen LogP contribution in [0.1, 0.15) is 18.9 Å². The lowest BCUT2D eigenvalue weighted by molar-refractivity contribution is -0.274. The standard InChI is InChI=1S/C20H17F3N4O3/c1-19(14-3-5-15(6-4-14)29-20(21,22)23)9-18(26-30-19)28-16-7-8-17(24-11-16)13-10-25-27(2)12-13/h3-8,10-12H,9H2,1-2H3/t19-/m0/s1. The summed E-state index contributed by atoms with van der Waals surface area (Å²) in [5.41, 5.74) is 1.42. The minimum atomic E-state index is -4.74. The number of benzene rings is 1. The lowest BCUT2D eigenvalue weighted by Gasteiger charge is -2.21. The van der Waals surface area contributed by atoms with Crippen molar-refractivity contribution < 1.29 is 27.5 Å². The summed E-state index contributed by atoms with van der Waals surface area (Å²) in [5, 5.41) is 8.08. The van der Waals surface area contributed by atoms with Gasteiger partial charge in [0.1, 0.15) is 11.5 Å². The van der Waals surface area contributed by atoms with E-state index in [4.69, 9.17) is 9.57 Å². The highest BCUT2D eigenvalue weighted by Gasteiger charge is 2.38. The van der Waals surface area contributed by atoms with E-state index in [-0.39, 0.29) is 5.75 Å². The molecule has 3 heterocycles. The smallest absolute Gasteiger partial charge is 0.438 e. The summed E-state index contributed by atoms with van der Waals surface area (Å²) < 4.78 is 48.2. The molecule has 4 rings (SSSR count). The number of ether oxygens (including phenoxy) is 2. The van der Waals surface area contributed by atoms with Crippen molar-refractivity contribution >= 4 is 5.90 Å². The van der Waals surface area contributed by atoms with Gasteiger partial charge in [-0.3, -0.25) is 9.67 Å². The van der Waals surface area contributed by atoms with Gasteiger partial charge in [-0.15, -0.1) is 13.2 Å². The number of rotatable bonds is 4. The van der Waals surface area contributed by atoms with Crippen molar-refractivity contribution in [3.8, 4) is 22.8 Å². The van der Waals surface area contributed by atoms with E-state index in [0.717, 1.165) is 11.3 Å². The van der Waals surface area contributed by atoms with Gasteiger partial charge in [0.25, 0.3) is 0 Å². The van der Waals surface area contributed by atoms with Crippen LogP contribution in [0.2, 0.25) is 0 Å². The molecule has 30 heavy (non-hydrogen) atoms. The molecule has 10 heteroatoms. The fourth-order valence-electron chi connectivity index (χ4n) is 3.02. The van der Waals surface area contributed by atoms with Crippen molar-refractivity contribution in [2.75, 3.05) is 0 Å². The highest BCUT2D eigenvalue weighted by Crippen LogP contribution is 2.36. The second-order valence-corrected chi connectivity index (χ2v) is 6.94. The Morgan fingerprint density at radius 2 is 1.80 bits per heavy atom. The number of alkyl halides is 3. The van der Waals surface area contributed by atoms with Crippen molar-refractivity contribution in [2.24, 2.45) is 12.2 Å². The van der Waals surface area contributed by atoms with Crippen LogP contribution in [0.4, 0.5) is 13.2 Å². The lowest BCUT2D eigenvalue weighted by Crippen LogP contribution is -2.23. The second-order valence-electron chi connectivity index (χ2n) is 6.94. The average Bonchev–Trinajstić information content (AvgIpc) is 3.28. The van der Waals surface area contributed by atoms with Gasteiger partial charge in [0.05, 0.1) is 24.5 Å². The molecule has 156 valence electrons. The molecule has 0 saturated heterocycles. The van der Waals surface area contributed by atoms with Crippen LogP contribution in [0, 0.1) is 0 Å². The summed E-state index contributed by atoms with van der Waals surface area (Å²) in [6.45, 7) is 1.77. The third-order valence-electron chi connectivity index (χ3n) is 4.51. The minimum Gasteiger partial charge on any atom is -0.438 e. The van der Waals surface area contributed by atoms with E-state index in [9.17, 15) is 13.2 Å². The molecule has 0 saturated carbocycles. The zero-order valence-electron chi connectivity index (χ0n) is 16.1. The normalized spacial score (nSPS) is 18.6. The molecule has 0 bridgehead atoms. The molecule has 1 aliphatic heterocycles. The van der Waals surface area contributed by atoms with Gasteiger partial charge in [0, 0.05) is 18.8 Å². The Morgan fingerprint density at radius 3 is 2.40 bits per heavy atom. The first-order valence-corrected chi connectivity index (χ1v) is 8.94. The Labute approximate surface area is 169 Å². The number of pyridine rings is 1. The molecular formula is C20H17F3N4O3. The topological polar surface area (TPSA) is 70.8 Å². The molecule has 0 radical (unpaired) electrons. The van der Waals surface area contributed by atoms with Gasteiger partial charge >= 0.3 is 6.36 Å². The van der Waals surface area contributed by atoms with Crippen molar-refractivity contribution in [3.63, 3.8) is 0 Å². The van der Waals surface area contributed by atoms with Gasteiger partial charge in [-0.05, 0) is 36.8 Å². The van der Waals surface area contributed by atoms with Crippen LogP contribution >= 0.6 is 0 Å². The molecule has 0 amide bonds. The van der Waals surface area contributed by atoms with Crippen LogP contribution in [0.3, 0.4) is 0 Å². The van der Waals surface area contributed by atoms with Crippen molar-refractivity contribution in [3.05, 3.63) is 60.6 Å². The van der Waals surface area contributed by atoms with Crippen LogP contribution in [-0.2, 0) is 17.5 Å². The van der Waals surface area contributed by atoms with Crippen molar-refractivity contribution in [2.45, 2.75) is 25.3 Å². The molecular weight excluding hydrogens is 401 g/mol. The number of aromatic nitrogens is 3. The maximum atomic E-state index is 12.3. The highest BCUT2D eigenvalue weighted by atomic mass is 19.4. The van der Waals surface area contributed by atoms with Crippen LogP contribution in [0.25, 0.3) is 11.3 Å². The number of hydrogen-bond acceptors (Lipinski definition) is 6. The summed E-state index contributed by atoms with van der Waals surface area (Å²) in [6.07, 6.45) is 0.711. The maximum Gasteiger partial charge on any atom is 0.573 e. The molecule has 7 nitrogen and oxygen atoms in total. The fourth-order valence-corrected chi connectivity index (χ4v) is 3.02. The summed E-state index contributed by atoms with van der Waals surface area (Å²) in [5.74, 6) is 0.525. The molecule has 3 aromatic rings. The van der Waals surface area contributed by atoms with Gasteiger partial charge in [-0.2, -0.15) is 5.10 Å². The number of halogens is 3. The zero-order valence-corrected chi connectivity index (χ0v) is 16.1. The van der Waals surface area contributed by atoms with E-state index < -0.39 is 12.0 Å². The first-order chi connectivity index (χ1) is 14.2. The van der Waals surface area contributed by atoms with Crippen LogP contribution in [0.15, 0.2) is 60.1 Å². The molecule has 1 atom stereocenters. The van der Waals surface area contributed by atoms with Crippen LogP contribution in [-0.4, -0.2) is 27.0 Å². The summed E-state index contributed by atoms with van der Waals surface area (Å²) in [6, 6.07) is 9.04. The summed E-state index contributed by atoms with van der Waals surface area (Å²) in [7, 11) is 1.83. The van der Waals surface area contributed by atoms with E-state index in [1.807, 2.05) is 13.2 Å². The van der Waals surface area contributed by atoms with Crippen LogP contribution < -0.4 is 9.47 Å². The number of aryl methyl sites for hydroxylation is 1. The molecule has 0 aliphatic carbocycles. The quantitative estimate of drug-likeness (QED) is 0.628. The average molecular weight is 418 g/mol. The Balaban J connectivity index is 1.40. The monoisotopic (exact) mass is 418 g/mol. The van der Waals surface area contributed by atoms with E-state index in [0.29, 0.717) is 23.6 Å². The van der Waals surface area contributed by atoms with Crippen molar-refractivity contribution in [1.82, 2.24) is 14.8 Å². The van der Waals surface area contributed by atoms with E-state index in [2.05, 4.69) is 20.0 Å².